The van der Waals surface area contributed by atoms with Crippen molar-refractivity contribution in [3.63, 3.8) is 0 Å². The van der Waals surface area contributed by atoms with Crippen molar-refractivity contribution >= 4 is 28.3 Å². The van der Waals surface area contributed by atoms with Gasteiger partial charge in [0.15, 0.2) is 11.5 Å². The number of carbonyl (C=O) groups is 1. The van der Waals surface area contributed by atoms with E-state index in [1.165, 1.54) is 0 Å². The molecule has 0 aliphatic carbocycles. The summed E-state index contributed by atoms with van der Waals surface area (Å²) in [6.07, 6.45) is 6.30. The third-order valence-corrected chi connectivity index (χ3v) is 5.85. The van der Waals surface area contributed by atoms with Crippen molar-refractivity contribution in [1.29, 1.82) is 0 Å². The van der Waals surface area contributed by atoms with Crippen LogP contribution in [0.2, 0.25) is 0 Å². The summed E-state index contributed by atoms with van der Waals surface area (Å²) in [6, 6.07) is 8.01. The van der Waals surface area contributed by atoms with Gasteiger partial charge in [-0.2, -0.15) is 0 Å². The molecule has 0 atom stereocenters. The number of imidazole rings is 1. The van der Waals surface area contributed by atoms with Crippen molar-refractivity contribution in [2.24, 2.45) is 0 Å². The van der Waals surface area contributed by atoms with Gasteiger partial charge in [-0.05, 0) is 31.2 Å². The lowest BCUT2D eigenvalue weighted by atomic mass is 10.1. The normalized spacial score (nSPS) is 14.8. The van der Waals surface area contributed by atoms with E-state index in [4.69, 9.17) is 4.74 Å². The van der Waals surface area contributed by atoms with E-state index in [0.29, 0.717) is 12.2 Å². The van der Waals surface area contributed by atoms with E-state index in [2.05, 4.69) is 36.6 Å². The van der Waals surface area contributed by atoms with Crippen LogP contribution in [0.25, 0.3) is 27.8 Å². The molecule has 0 bridgehead atoms. The molecule has 166 valence electrons. The molecule has 32 heavy (non-hydrogen) atoms. The van der Waals surface area contributed by atoms with Gasteiger partial charge >= 0.3 is 0 Å². The van der Waals surface area contributed by atoms with Gasteiger partial charge in [0.1, 0.15) is 5.69 Å². The Balaban J connectivity index is 1.31. The molecule has 4 aromatic rings. The highest BCUT2D eigenvalue weighted by Gasteiger charge is 2.16. The number of benzene rings is 1. The summed E-state index contributed by atoms with van der Waals surface area (Å²) in [5.41, 5.74) is 4.24. The molecule has 5 rings (SSSR count). The van der Waals surface area contributed by atoms with Gasteiger partial charge in [-0.3, -0.25) is 19.1 Å². The Morgan fingerprint density at radius 1 is 1.25 bits per heavy atom. The predicted molar refractivity (Wildman–Crippen MR) is 124 cm³/mol. The first-order chi connectivity index (χ1) is 15.7. The smallest absolute Gasteiger partial charge is 0.267 e. The van der Waals surface area contributed by atoms with Gasteiger partial charge in [-0.1, -0.05) is 6.07 Å². The summed E-state index contributed by atoms with van der Waals surface area (Å²) in [7, 11) is 1.86. The van der Waals surface area contributed by atoms with Crippen LogP contribution in [-0.2, 0) is 4.74 Å². The van der Waals surface area contributed by atoms with E-state index >= 15 is 0 Å². The molecule has 9 nitrogen and oxygen atoms in total. The second-order valence-electron chi connectivity index (χ2n) is 7.91. The SMILES string of the molecule is CNc1nc2cnccn2c1-c1ccc2[nH]c(C(=O)NCCCN3CCOCC3)cc2c1. The largest absolute Gasteiger partial charge is 0.379 e. The number of rotatable bonds is 7. The predicted octanol–water partition coefficient (Wildman–Crippen LogP) is 2.37. The number of H-pyrrole nitrogens is 1. The van der Waals surface area contributed by atoms with Crippen LogP contribution in [0, 0.1) is 0 Å². The van der Waals surface area contributed by atoms with Crippen molar-refractivity contribution in [3.8, 4) is 11.3 Å². The molecule has 1 aliphatic rings. The standard InChI is InChI=1S/C23H27N7O2/c1-24-22-21(30-8-6-25-15-20(30)28-22)16-3-4-18-17(13-16)14-19(27-18)23(31)26-5-2-7-29-9-11-32-12-10-29/h3-4,6,8,13-15,24,27H,2,5,7,9-12H2,1H3,(H,26,31). The molecule has 0 radical (unpaired) electrons. The minimum Gasteiger partial charge on any atom is -0.379 e. The fourth-order valence-electron chi connectivity index (χ4n) is 4.18. The van der Waals surface area contributed by atoms with E-state index in [0.717, 1.165) is 72.9 Å². The molecule has 0 spiro atoms. The second kappa shape index (κ2) is 8.97. The summed E-state index contributed by atoms with van der Waals surface area (Å²) >= 11 is 0. The molecule has 9 heteroatoms. The fraction of sp³-hybridized carbons (Fsp3) is 0.348. The highest BCUT2D eigenvalue weighted by Crippen LogP contribution is 2.31. The van der Waals surface area contributed by atoms with Gasteiger partial charge in [-0.25, -0.2) is 4.98 Å². The summed E-state index contributed by atoms with van der Waals surface area (Å²) in [4.78, 5) is 27.0. The molecule has 1 amide bonds. The topological polar surface area (TPSA) is 99.6 Å². The molecule has 4 heterocycles. The van der Waals surface area contributed by atoms with Crippen LogP contribution in [0.15, 0.2) is 42.9 Å². The van der Waals surface area contributed by atoms with Crippen molar-refractivity contribution in [3.05, 3.63) is 48.5 Å². The van der Waals surface area contributed by atoms with Gasteiger partial charge in [-0.15, -0.1) is 0 Å². The maximum absolute atomic E-state index is 12.6. The summed E-state index contributed by atoms with van der Waals surface area (Å²) in [5.74, 6) is 0.702. The number of aromatic amines is 1. The van der Waals surface area contributed by atoms with Gasteiger partial charge in [0, 0.05) is 55.5 Å². The van der Waals surface area contributed by atoms with Gasteiger partial charge in [0.2, 0.25) is 0 Å². The summed E-state index contributed by atoms with van der Waals surface area (Å²) in [6.45, 7) is 5.16. The summed E-state index contributed by atoms with van der Waals surface area (Å²) in [5, 5.41) is 7.17. The average Bonchev–Trinajstić information content (AvgIpc) is 3.43. The number of hydrogen-bond donors (Lipinski definition) is 3. The quantitative estimate of drug-likeness (QED) is 0.387. The molecule has 1 aliphatic heterocycles. The number of nitrogens with zero attached hydrogens (tertiary/aromatic N) is 4. The average molecular weight is 434 g/mol. The zero-order chi connectivity index (χ0) is 21.9. The number of hydrogen-bond acceptors (Lipinski definition) is 6. The Hall–Kier alpha value is -3.43. The van der Waals surface area contributed by atoms with Gasteiger partial charge in [0.25, 0.3) is 5.91 Å². The van der Waals surface area contributed by atoms with Crippen LogP contribution in [0.1, 0.15) is 16.9 Å². The maximum atomic E-state index is 12.6. The molecule has 0 unspecified atom stereocenters. The molecule has 3 aromatic heterocycles. The Kier molecular flexibility index (Phi) is 5.74. The number of carbonyl (C=O) groups excluding carboxylic acids is 1. The molecule has 1 saturated heterocycles. The molecule has 1 aromatic carbocycles. The van der Waals surface area contributed by atoms with Crippen LogP contribution >= 0.6 is 0 Å². The second-order valence-corrected chi connectivity index (χ2v) is 7.91. The highest BCUT2D eigenvalue weighted by atomic mass is 16.5. The Labute approximate surface area is 185 Å². The van der Waals surface area contributed by atoms with Crippen molar-refractivity contribution < 1.29 is 9.53 Å². The van der Waals surface area contributed by atoms with Crippen LogP contribution in [-0.4, -0.2) is 76.6 Å². The number of morpholine rings is 1. The molecule has 3 N–H and O–H groups in total. The van der Waals surface area contributed by atoms with Crippen molar-refractivity contribution in [2.45, 2.75) is 6.42 Å². The molecule has 0 saturated carbocycles. The van der Waals surface area contributed by atoms with Gasteiger partial charge < -0.3 is 20.4 Å². The molecular formula is C23H27N7O2. The number of amides is 1. The van der Waals surface area contributed by atoms with E-state index in [9.17, 15) is 4.79 Å². The summed E-state index contributed by atoms with van der Waals surface area (Å²) < 4.78 is 7.38. The third-order valence-electron chi connectivity index (χ3n) is 5.85. The Morgan fingerprint density at radius 2 is 2.12 bits per heavy atom. The van der Waals surface area contributed by atoms with E-state index in [1.54, 1.807) is 12.4 Å². The first-order valence-electron chi connectivity index (χ1n) is 10.9. The van der Waals surface area contributed by atoms with Crippen LogP contribution in [0.5, 0.6) is 0 Å². The van der Waals surface area contributed by atoms with Crippen LogP contribution in [0.4, 0.5) is 5.82 Å². The van der Waals surface area contributed by atoms with E-state index in [-0.39, 0.29) is 5.91 Å². The lowest BCUT2D eigenvalue weighted by Crippen LogP contribution is -2.38. The third kappa shape index (κ3) is 4.04. The van der Waals surface area contributed by atoms with E-state index < -0.39 is 0 Å². The molecular weight excluding hydrogens is 406 g/mol. The maximum Gasteiger partial charge on any atom is 0.267 e. The highest BCUT2D eigenvalue weighted by molar-refractivity contribution is 5.99. The van der Waals surface area contributed by atoms with Crippen molar-refractivity contribution in [2.75, 3.05) is 51.8 Å². The number of fused-ring (bicyclic) bond motifs is 2. The number of ether oxygens (including phenoxy) is 1. The van der Waals surface area contributed by atoms with Crippen molar-refractivity contribution in [1.82, 2.24) is 29.6 Å². The lowest BCUT2D eigenvalue weighted by Gasteiger charge is -2.26. The number of aromatic nitrogens is 4. The van der Waals surface area contributed by atoms with Crippen LogP contribution < -0.4 is 10.6 Å². The Morgan fingerprint density at radius 3 is 2.97 bits per heavy atom. The first kappa shape index (κ1) is 20.5. The zero-order valence-corrected chi connectivity index (χ0v) is 18.1. The van der Waals surface area contributed by atoms with Gasteiger partial charge in [0.05, 0.1) is 25.1 Å². The van der Waals surface area contributed by atoms with Crippen LogP contribution in [0.3, 0.4) is 0 Å². The zero-order valence-electron chi connectivity index (χ0n) is 18.1. The Bertz CT molecular complexity index is 1240. The lowest BCUT2D eigenvalue weighted by molar-refractivity contribution is 0.0374. The first-order valence-corrected chi connectivity index (χ1v) is 10.9. The molecule has 1 fully saturated rings. The fourth-order valence-corrected chi connectivity index (χ4v) is 4.18. The monoisotopic (exact) mass is 433 g/mol. The minimum absolute atomic E-state index is 0.0819. The number of anilines is 1. The van der Waals surface area contributed by atoms with E-state index in [1.807, 2.05) is 35.8 Å². The minimum atomic E-state index is -0.0819. The number of nitrogens with one attached hydrogen (secondary N) is 3.